The first-order valence-corrected chi connectivity index (χ1v) is 7.67. The van der Waals surface area contributed by atoms with Crippen molar-refractivity contribution in [2.24, 2.45) is 11.8 Å². The van der Waals surface area contributed by atoms with Crippen LogP contribution in [0.15, 0.2) is 12.1 Å². The van der Waals surface area contributed by atoms with Crippen LogP contribution in [0.3, 0.4) is 0 Å². The van der Waals surface area contributed by atoms with Gasteiger partial charge in [0.1, 0.15) is 11.5 Å². The Morgan fingerprint density at radius 1 is 1.10 bits per heavy atom. The Balaban J connectivity index is 2.01. The molecule has 1 aliphatic rings. The van der Waals surface area contributed by atoms with Gasteiger partial charge in [0.2, 0.25) is 0 Å². The average molecular weight is 298 g/mol. The van der Waals surface area contributed by atoms with Gasteiger partial charge in [0.15, 0.2) is 0 Å². The van der Waals surface area contributed by atoms with E-state index in [0.717, 1.165) is 29.8 Å². The molecule has 1 aromatic rings. The summed E-state index contributed by atoms with van der Waals surface area (Å²) in [6.45, 7) is 3.32. The van der Waals surface area contributed by atoms with E-state index < -0.39 is 0 Å². The molecule has 1 N–H and O–H groups in total. The lowest BCUT2D eigenvalue weighted by atomic mass is 9.83. The topological polar surface area (TPSA) is 30.5 Å². The van der Waals surface area contributed by atoms with Crippen LogP contribution in [0.2, 0.25) is 5.02 Å². The molecule has 1 fully saturated rings. The zero-order valence-electron chi connectivity index (χ0n) is 12.5. The lowest BCUT2D eigenvalue weighted by Crippen LogP contribution is -2.20. The molecule has 0 aliphatic heterocycles. The minimum Gasteiger partial charge on any atom is -0.495 e. The van der Waals surface area contributed by atoms with Gasteiger partial charge in [0.25, 0.3) is 0 Å². The molecule has 3 nitrogen and oxygen atoms in total. The Morgan fingerprint density at radius 2 is 1.75 bits per heavy atom. The van der Waals surface area contributed by atoms with Crippen LogP contribution in [0.4, 0.5) is 5.69 Å². The second kappa shape index (κ2) is 7.07. The Bertz CT molecular complexity index is 442. The van der Waals surface area contributed by atoms with Crippen molar-refractivity contribution in [2.45, 2.75) is 32.6 Å². The molecule has 0 radical (unpaired) electrons. The first kappa shape index (κ1) is 15.3. The number of methoxy groups -OCH3 is 2. The SMILES string of the molecule is COc1cc(NCC2CCC(C)CC2)c(OC)cc1Cl. The van der Waals surface area contributed by atoms with E-state index in [0.29, 0.717) is 10.8 Å². The van der Waals surface area contributed by atoms with Crippen molar-refractivity contribution in [3.63, 3.8) is 0 Å². The van der Waals surface area contributed by atoms with Crippen molar-refractivity contribution in [2.75, 3.05) is 26.1 Å². The average Bonchev–Trinajstić information content (AvgIpc) is 2.47. The highest BCUT2D eigenvalue weighted by molar-refractivity contribution is 6.32. The van der Waals surface area contributed by atoms with Gasteiger partial charge in [-0.2, -0.15) is 0 Å². The molecule has 0 spiro atoms. The first-order chi connectivity index (χ1) is 9.63. The van der Waals surface area contributed by atoms with Crippen molar-refractivity contribution in [1.82, 2.24) is 0 Å². The van der Waals surface area contributed by atoms with E-state index >= 15 is 0 Å². The standard InChI is InChI=1S/C16H24ClNO2/c1-11-4-6-12(7-5-11)10-18-14-9-15(19-2)13(17)8-16(14)20-3/h8-9,11-12,18H,4-7,10H2,1-3H3. The van der Waals surface area contributed by atoms with E-state index in [4.69, 9.17) is 21.1 Å². The highest BCUT2D eigenvalue weighted by Crippen LogP contribution is 2.36. The Kier molecular flexibility index (Phi) is 5.41. The van der Waals surface area contributed by atoms with Gasteiger partial charge in [-0.15, -0.1) is 0 Å². The second-order valence-corrected chi connectivity index (χ2v) is 6.10. The van der Waals surface area contributed by atoms with Crippen LogP contribution < -0.4 is 14.8 Å². The van der Waals surface area contributed by atoms with Gasteiger partial charge in [-0.25, -0.2) is 0 Å². The molecule has 0 saturated heterocycles. The highest BCUT2D eigenvalue weighted by Gasteiger charge is 2.18. The molecule has 0 aromatic heterocycles. The zero-order valence-corrected chi connectivity index (χ0v) is 13.3. The number of hydrogen-bond donors (Lipinski definition) is 1. The molecule has 0 bridgehead atoms. The molecular formula is C16H24ClNO2. The third kappa shape index (κ3) is 3.72. The minimum absolute atomic E-state index is 0.571. The third-order valence-electron chi connectivity index (χ3n) is 4.19. The first-order valence-electron chi connectivity index (χ1n) is 7.29. The van der Waals surface area contributed by atoms with E-state index in [1.807, 2.05) is 6.07 Å². The van der Waals surface area contributed by atoms with Gasteiger partial charge < -0.3 is 14.8 Å². The fraction of sp³-hybridized carbons (Fsp3) is 0.625. The molecule has 0 heterocycles. The van der Waals surface area contributed by atoms with E-state index in [2.05, 4.69) is 12.2 Å². The van der Waals surface area contributed by atoms with Gasteiger partial charge in [-0.3, -0.25) is 0 Å². The molecule has 4 heteroatoms. The van der Waals surface area contributed by atoms with Crippen molar-refractivity contribution < 1.29 is 9.47 Å². The Morgan fingerprint density at radius 3 is 2.35 bits per heavy atom. The van der Waals surface area contributed by atoms with Crippen molar-refractivity contribution in [1.29, 1.82) is 0 Å². The molecular weight excluding hydrogens is 274 g/mol. The van der Waals surface area contributed by atoms with Crippen molar-refractivity contribution >= 4 is 17.3 Å². The number of halogens is 1. The normalized spacial score (nSPS) is 22.4. The summed E-state index contributed by atoms with van der Waals surface area (Å²) in [7, 11) is 3.28. The van der Waals surface area contributed by atoms with E-state index in [1.54, 1.807) is 20.3 Å². The highest BCUT2D eigenvalue weighted by atomic mass is 35.5. The Labute approximate surface area is 126 Å². The maximum atomic E-state index is 6.11. The third-order valence-corrected chi connectivity index (χ3v) is 4.49. The maximum absolute atomic E-state index is 6.11. The number of hydrogen-bond acceptors (Lipinski definition) is 3. The zero-order chi connectivity index (χ0) is 14.5. The number of nitrogens with one attached hydrogen (secondary N) is 1. The quantitative estimate of drug-likeness (QED) is 0.862. The fourth-order valence-electron chi connectivity index (χ4n) is 2.79. The van der Waals surface area contributed by atoms with E-state index in [9.17, 15) is 0 Å². The lowest BCUT2D eigenvalue weighted by molar-refractivity contribution is 0.300. The largest absolute Gasteiger partial charge is 0.495 e. The van der Waals surface area contributed by atoms with E-state index in [-0.39, 0.29) is 0 Å². The summed E-state index contributed by atoms with van der Waals surface area (Å²) in [6, 6.07) is 3.71. The summed E-state index contributed by atoms with van der Waals surface area (Å²) >= 11 is 6.11. The van der Waals surface area contributed by atoms with Gasteiger partial charge in [-0.1, -0.05) is 31.4 Å². The molecule has 1 saturated carbocycles. The molecule has 112 valence electrons. The molecule has 20 heavy (non-hydrogen) atoms. The molecule has 1 aromatic carbocycles. The van der Waals surface area contributed by atoms with Gasteiger partial charge in [0, 0.05) is 18.7 Å². The van der Waals surface area contributed by atoms with Gasteiger partial charge in [0.05, 0.1) is 24.9 Å². The lowest BCUT2D eigenvalue weighted by Gasteiger charge is -2.27. The van der Waals surface area contributed by atoms with Crippen LogP contribution in [0.1, 0.15) is 32.6 Å². The van der Waals surface area contributed by atoms with Gasteiger partial charge >= 0.3 is 0 Å². The molecule has 0 atom stereocenters. The molecule has 1 aliphatic carbocycles. The number of benzene rings is 1. The monoisotopic (exact) mass is 297 g/mol. The van der Waals surface area contributed by atoms with Crippen LogP contribution in [0.5, 0.6) is 11.5 Å². The number of anilines is 1. The summed E-state index contributed by atoms with van der Waals surface area (Å²) in [6.07, 6.45) is 5.29. The summed E-state index contributed by atoms with van der Waals surface area (Å²) in [5, 5.41) is 4.06. The van der Waals surface area contributed by atoms with E-state index in [1.165, 1.54) is 25.7 Å². The van der Waals surface area contributed by atoms with Crippen LogP contribution in [0.25, 0.3) is 0 Å². The summed E-state index contributed by atoms with van der Waals surface area (Å²) in [5.41, 5.74) is 0.951. The van der Waals surface area contributed by atoms with Crippen LogP contribution in [0, 0.1) is 11.8 Å². The van der Waals surface area contributed by atoms with Gasteiger partial charge in [-0.05, 0) is 24.7 Å². The van der Waals surface area contributed by atoms with Crippen LogP contribution in [-0.4, -0.2) is 20.8 Å². The molecule has 2 rings (SSSR count). The predicted octanol–water partition coefficient (Wildman–Crippen LogP) is 4.60. The summed E-state index contributed by atoms with van der Waals surface area (Å²) in [5.74, 6) is 3.07. The number of rotatable bonds is 5. The minimum atomic E-state index is 0.571. The van der Waals surface area contributed by atoms with Crippen LogP contribution >= 0.6 is 11.6 Å². The molecule has 0 amide bonds. The second-order valence-electron chi connectivity index (χ2n) is 5.69. The van der Waals surface area contributed by atoms with Crippen LogP contribution in [-0.2, 0) is 0 Å². The van der Waals surface area contributed by atoms with Crippen molar-refractivity contribution in [3.8, 4) is 11.5 Å². The Hall–Kier alpha value is -1.09. The predicted molar refractivity (Wildman–Crippen MR) is 84.2 cm³/mol. The molecule has 0 unspecified atom stereocenters. The maximum Gasteiger partial charge on any atom is 0.143 e. The van der Waals surface area contributed by atoms with Crippen molar-refractivity contribution in [3.05, 3.63) is 17.2 Å². The smallest absolute Gasteiger partial charge is 0.143 e. The summed E-state index contributed by atoms with van der Waals surface area (Å²) in [4.78, 5) is 0. The fourth-order valence-corrected chi connectivity index (χ4v) is 3.02. The summed E-state index contributed by atoms with van der Waals surface area (Å²) < 4.78 is 10.6. The number of ether oxygens (including phenoxy) is 2.